The molecule has 0 unspecified atom stereocenters. The molecule has 0 saturated carbocycles. The van der Waals surface area contributed by atoms with Crippen LogP contribution in [-0.4, -0.2) is 23.4 Å². The number of hydrogen-bond donors (Lipinski definition) is 2. The van der Waals surface area contributed by atoms with Crippen molar-refractivity contribution in [2.24, 2.45) is 0 Å². The van der Waals surface area contributed by atoms with Crippen LogP contribution in [0.5, 0.6) is 5.75 Å². The molecular formula is C14H22O3. The van der Waals surface area contributed by atoms with Crippen LogP contribution in [0.2, 0.25) is 0 Å². The van der Waals surface area contributed by atoms with Gasteiger partial charge in [0.25, 0.3) is 0 Å². The van der Waals surface area contributed by atoms with Gasteiger partial charge in [-0.15, -0.1) is 0 Å². The summed E-state index contributed by atoms with van der Waals surface area (Å²) in [6.45, 7) is 2.09. The molecule has 0 aliphatic heterocycles. The van der Waals surface area contributed by atoms with Gasteiger partial charge in [-0.3, -0.25) is 0 Å². The van der Waals surface area contributed by atoms with E-state index in [2.05, 4.69) is 6.92 Å². The average molecular weight is 238 g/mol. The van der Waals surface area contributed by atoms with Gasteiger partial charge in [0.1, 0.15) is 5.75 Å². The lowest BCUT2D eigenvalue weighted by atomic mass is 10.0. The topological polar surface area (TPSA) is 49.7 Å². The summed E-state index contributed by atoms with van der Waals surface area (Å²) >= 11 is 0. The van der Waals surface area contributed by atoms with Crippen LogP contribution in [0.3, 0.4) is 0 Å². The number of benzene rings is 1. The van der Waals surface area contributed by atoms with E-state index in [0.717, 1.165) is 30.6 Å². The van der Waals surface area contributed by atoms with E-state index in [4.69, 9.17) is 4.74 Å². The van der Waals surface area contributed by atoms with Crippen LogP contribution in [0.4, 0.5) is 0 Å². The largest absolute Gasteiger partial charge is 0.497 e. The van der Waals surface area contributed by atoms with Gasteiger partial charge in [0.05, 0.1) is 19.3 Å². The monoisotopic (exact) mass is 238 g/mol. The molecule has 0 bridgehead atoms. The Bertz CT molecular complexity index is 308. The SMILES string of the molecule is CCCC[C@@H](O)C[C@H](O)c1ccc(OC)cc1. The second-order valence-corrected chi connectivity index (χ2v) is 4.32. The summed E-state index contributed by atoms with van der Waals surface area (Å²) < 4.78 is 5.05. The Balaban J connectivity index is 2.47. The molecule has 1 aromatic rings. The number of aliphatic hydroxyl groups excluding tert-OH is 2. The highest BCUT2D eigenvalue weighted by molar-refractivity contribution is 5.28. The molecule has 2 atom stereocenters. The van der Waals surface area contributed by atoms with Gasteiger partial charge < -0.3 is 14.9 Å². The third-order valence-electron chi connectivity index (χ3n) is 2.89. The quantitative estimate of drug-likeness (QED) is 0.767. The van der Waals surface area contributed by atoms with Gasteiger partial charge in [0.15, 0.2) is 0 Å². The number of methoxy groups -OCH3 is 1. The Morgan fingerprint density at radius 3 is 2.35 bits per heavy atom. The molecule has 0 radical (unpaired) electrons. The van der Waals surface area contributed by atoms with Crippen molar-refractivity contribution in [1.29, 1.82) is 0 Å². The summed E-state index contributed by atoms with van der Waals surface area (Å²) in [5.41, 5.74) is 0.821. The van der Waals surface area contributed by atoms with Crippen molar-refractivity contribution in [3.8, 4) is 5.75 Å². The molecule has 0 aliphatic carbocycles. The minimum Gasteiger partial charge on any atom is -0.497 e. The maximum absolute atomic E-state index is 9.95. The first-order valence-electron chi connectivity index (χ1n) is 6.17. The summed E-state index contributed by atoms with van der Waals surface area (Å²) in [6.07, 6.45) is 2.18. The molecule has 17 heavy (non-hydrogen) atoms. The van der Waals surface area contributed by atoms with Crippen LogP contribution in [0.15, 0.2) is 24.3 Å². The van der Waals surface area contributed by atoms with E-state index < -0.39 is 12.2 Å². The molecule has 0 amide bonds. The van der Waals surface area contributed by atoms with Gasteiger partial charge in [-0.05, 0) is 24.1 Å². The molecule has 0 saturated heterocycles. The van der Waals surface area contributed by atoms with Crippen LogP contribution in [0.25, 0.3) is 0 Å². The zero-order valence-corrected chi connectivity index (χ0v) is 10.6. The van der Waals surface area contributed by atoms with Crippen molar-refractivity contribution in [3.05, 3.63) is 29.8 Å². The lowest BCUT2D eigenvalue weighted by Crippen LogP contribution is -2.12. The second-order valence-electron chi connectivity index (χ2n) is 4.32. The molecule has 96 valence electrons. The van der Waals surface area contributed by atoms with Crippen molar-refractivity contribution < 1.29 is 14.9 Å². The molecule has 3 heteroatoms. The molecular weight excluding hydrogens is 216 g/mol. The summed E-state index contributed by atoms with van der Waals surface area (Å²) in [4.78, 5) is 0. The van der Waals surface area contributed by atoms with Gasteiger partial charge >= 0.3 is 0 Å². The normalized spacial score (nSPS) is 14.4. The minimum absolute atomic E-state index is 0.395. The Kier molecular flexibility index (Phi) is 6.01. The summed E-state index contributed by atoms with van der Waals surface area (Å²) in [6, 6.07) is 7.29. The Hall–Kier alpha value is -1.06. The van der Waals surface area contributed by atoms with E-state index in [1.165, 1.54) is 0 Å². The predicted molar refractivity (Wildman–Crippen MR) is 68.1 cm³/mol. The first kappa shape index (κ1) is 14.0. The third kappa shape index (κ3) is 4.75. The summed E-state index contributed by atoms with van der Waals surface area (Å²) in [7, 11) is 1.61. The van der Waals surface area contributed by atoms with Crippen LogP contribution in [0, 0.1) is 0 Å². The molecule has 0 fully saturated rings. The Morgan fingerprint density at radius 2 is 1.82 bits per heavy atom. The van der Waals surface area contributed by atoms with Gasteiger partial charge in [-0.25, -0.2) is 0 Å². The fraction of sp³-hybridized carbons (Fsp3) is 0.571. The number of aliphatic hydroxyl groups is 2. The highest BCUT2D eigenvalue weighted by Gasteiger charge is 2.13. The lowest BCUT2D eigenvalue weighted by molar-refractivity contribution is 0.0742. The van der Waals surface area contributed by atoms with E-state index in [9.17, 15) is 10.2 Å². The van der Waals surface area contributed by atoms with Gasteiger partial charge in [0.2, 0.25) is 0 Å². The van der Waals surface area contributed by atoms with E-state index in [-0.39, 0.29) is 0 Å². The molecule has 0 spiro atoms. The third-order valence-corrected chi connectivity index (χ3v) is 2.89. The zero-order chi connectivity index (χ0) is 12.7. The maximum Gasteiger partial charge on any atom is 0.118 e. The number of unbranched alkanes of at least 4 members (excludes halogenated alkanes) is 1. The first-order valence-corrected chi connectivity index (χ1v) is 6.17. The van der Waals surface area contributed by atoms with Gasteiger partial charge in [0, 0.05) is 6.42 Å². The average Bonchev–Trinajstić information content (AvgIpc) is 2.36. The van der Waals surface area contributed by atoms with E-state index in [1.54, 1.807) is 7.11 Å². The molecule has 2 N–H and O–H groups in total. The van der Waals surface area contributed by atoms with Gasteiger partial charge in [-0.1, -0.05) is 31.9 Å². The summed E-state index contributed by atoms with van der Waals surface area (Å²) in [5.74, 6) is 0.771. The molecule has 3 nitrogen and oxygen atoms in total. The van der Waals surface area contributed by atoms with Crippen molar-refractivity contribution in [3.63, 3.8) is 0 Å². The van der Waals surface area contributed by atoms with Crippen LogP contribution < -0.4 is 4.74 Å². The smallest absolute Gasteiger partial charge is 0.118 e. The molecule has 0 aromatic heterocycles. The zero-order valence-electron chi connectivity index (χ0n) is 10.6. The highest BCUT2D eigenvalue weighted by atomic mass is 16.5. The lowest BCUT2D eigenvalue weighted by Gasteiger charge is -2.16. The molecule has 0 aliphatic rings. The van der Waals surface area contributed by atoms with Crippen molar-refractivity contribution in [2.75, 3.05) is 7.11 Å². The Labute approximate surface area is 103 Å². The molecule has 1 rings (SSSR count). The maximum atomic E-state index is 9.95. The van der Waals surface area contributed by atoms with E-state index >= 15 is 0 Å². The fourth-order valence-electron chi connectivity index (χ4n) is 1.78. The predicted octanol–water partition coefficient (Wildman–Crippen LogP) is 2.67. The first-order chi connectivity index (χ1) is 8.17. The fourth-order valence-corrected chi connectivity index (χ4v) is 1.78. The van der Waals surface area contributed by atoms with Crippen LogP contribution >= 0.6 is 0 Å². The summed E-state index contributed by atoms with van der Waals surface area (Å²) in [5, 5.41) is 19.7. The van der Waals surface area contributed by atoms with Gasteiger partial charge in [-0.2, -0.15) is 0 Å². The Morgan fingerprint density at radius 1 is 1.18 bits per heavy atom. The molecule has 1 aromatic carbocycles. The van der Waals surface area contributed by atoms with Crippen molar-refractivity contribution >= 4 is 0 Å². The second kappa shape index (κ2) is 7.30. The number of rotatable bonds is 7. The highest BCUT2D eigenvalue weighted by Crippen LogP contribution is 2.22. The van der Waals surface area contributed by atoms with E-state index in [1.807, 2.05) is 24.3 Å². The number of hydrogen-bond acceptors (Lipinski definition) is 3. The van der Waals surface area contributed by atoms with E-state index in [0.29, 0.717) is 6.42 Å². The standard InChI is InChI=1S/C14H22O3/c1-3-4-5-12(15)10-14(16)11-6-8-13(17-2)9-7-11/h6-9,12,14-16H,3-5,10H2,1-2H3/t12-,14+/m1/s1. The minimum atomic E-state index is -0.604. The van der Waals surface area contributed by atoms with Crippen LogP contribution in [0.1, 0.15) is 44.3 Å². The van der Waals surface area contributed by atoms with Crippen LogP contribution in [-0.2, 0) is 0 Å². The van der Waals surface area contributed by atoms with Crippen molar-refractivity contribution in [2.45, 2.75) is 44.8 Å². The number of ether oxygens (including phenoxy) is 1. The van der Waals surface area contributed by atoms with Crippen molar-refractivity contribution in [1.82, 2.24) is 0 Å². The molecule has 0 heterocycles.